The number of rotatable bonds is 7. The van der Waals surface area contributed by atoms with Crippen LogP contribution in [0.3, 0.4) is 0 Å². The van der Waals surface area contributed by atoms with Crippen LogP contribution in [0, 0.1) is 0 Å². The summed E-state index contributed by atoms with van der Waals surface area (Å²) in [6.45, 7) is 0. The van der Waals surface area contributed by atoms with E-state index in [1.165, 1.54) is 6.20 Å². The molecule has 0 atom stereocenters. The molecule has 0 spiro atoms. The number of nitrogens with one attached hydrogen (secondary N) is 1. The fourth-order valence-electron chi connectivity index (χ4n) is 2.04. The standard InChI is InChI=1S/C8H6BrClNO4P.C6H8O7/c9-4-1-2-5-7(8(4)10)6(3-11-5)15-16(12,13)14;7-3(8)1-6(13,5(11)12)2-4(9)10/h1-3,11H,(H2,12,13,14);13H,1-2H2,(H,7,8)(H,9,10)(H,11,12). The Hall–Kier alpha value is -2.15. The van der Waals surface area contributed by atoms with Crippen LogP contribution in [0.25, 0.3) is 10.9 Å². The van der Waals surface area contributed by atoms with Crippen LogP contribution in [0.15, 0.2) is 22.8 Å². The average Bonchev–Trinajstić information content (AvgIpc) is 2.91. The third-order valence-electron chi connectivity index (χ3n) is 3.20. The summed E-state index contributed by atoms with van der Waals surface area (Å²) in [5, 5.41) is 34.6. The second-order valence-electron chi connectivity index (χ2n) is 5.50. The molecule has 1 heterocycles. The maximum atomic E-state index is 10.7. The number of phosphoric ester groups is 1. The van der Waals surface area contributed by atoms with Crippen molar-refractivity contribution in [1.29, 1.82) is 0 Å². The molecule has 0 aliphatic carbocycles. The zero-order chi connectivity index (χ0) is 22.6. The minimum atomic E-state index is -4.59. The first-order chi connectivity index (χ1) is 13.2. The Morgan fingerprint density at radius 3 is 2.07 bits per heavy atom. The summed E-state index contributed by atoms with van der Waals surface area (Å²) in [6.07, 6.45) is -0.939. The van der Waals surface area contributed by atoms with Crippen molar-refractivity contribution in [2.75, 3.05) is 0 Å². The molecule has 2 aromatic rings. The van der Waals surface area contributed by atoms with E-state index in [4.69, 9.17) is 41.8 Å². The smallest absolute Gasteiger partial charge is 0.481 e. The molecule has 0 amide bonds. The molecule has 0 saturated heterocycles. The number of aromatic amines is 1. The molecule has 1 aromatic carbocycles. The molecular formula is C14H14BrClNO11P. The van der Waals surface area contributed by atoms with E-state index in [-0.39, 0.29) is 5.75 Å². The molecule has 0 aliphatic heterocycles. The first kappa shape index (κ1) is 24.9. The minimum Gasteiger partial charge on any atom is -0.481 e. The van der Waals surface area contributed by atoms with Crippen molar-refractivity contribution in [3.8, 4) is 5.75 Å². The number of aliphatic hydroxyl groups is 1. The summed E-state index contributed by atoms with van der Waals surface area (Å²) < 4.78 is 15.9. The Kier molecular flexibility index (Phi) is 8.21. The lowest BCUT2D eigenvalue weighted by atomic mass is 9.96. The topological polar surface area (TPSA) is 215 Å². The number of aliphatic carboxylic acids is 3. The summed E-state index contributed by atoms with van der Waals surface area (Å²) in [4.78, 5) is 50.7. The highest BCUT2D eigenvalue weighted by Crippen LogP contribution is 2.44. The Morgan fingerprint density at radius 2 is 1.66 bits per heavy atom. The van der Waals surface area contributed by atoms with Gasteiger partial charge in [0, 0.05) is 10.7 Å². The molecule has 0 fully saturated rings. The molecule has 0 unspecified atom stereocenters. The number of H-pyrrole nitrogens is 1. The molecule has 1 aromatic heterocycles. The van der Waals surface area contributed by atoms with Crippen LogP contribution in [0.1, 0.15) is 12.8 Å². The molecular weight excluding hydrogens is 504 g/mol. The normalized spacial score (nSPS) is 11.5. The number of carbonyl (C=O) groups is 3. The van der Waals surface area contributed by atoms with Crippen molar-refractivity contribution in [3.05, 3.63) is 27.8 Å². The van der Waals surface area contributed by atoms with Gasteiger partial charge in [-0.2, -0.15) is 0 Å². The molecule has 0 bridgehead atoms. The Bertz CT molecular complexity index is 969. The summed E-state index contributed by atoms with van der Waals surface area (Å²) in [5.74, 6) is -5.00. The fourth-order valence-corrected chi connectivity index (χ4v) is 3.03. The van der Waals surface area contributed by atoms with E-state index in [0.717, 1.165) is 0 Å². The first-order valence-electron chi connectivity index (χ1n) is 7.26. The van der Waals surface area contributed by atoms with Crippen molar-refractivity contribution in [2.24, 2.45) is 0 Å². The summed E-state index contributed by atoms with van der Waals surface area (Å²) >= 11 is 9.22. The number of phosphoric acid groups is 1. The number of aromatic nitrogens is 1. The predicted molar refractivity (Wildman–Crippen MR) is 101 cm³/mol. The van der Waals surface area contributed by atoms with Gasteiger partial charge in [-0.3, -0.25) is 19.4 Å². The van der Waals surface area contributed by atoms with Crippen LogP contribution in [0.2, 0.25) is 5.02 Å². The van der Waals surface area contributed by atoms with Crippen LogP contribution in [-0.2, 0) is 18.9 Å². The largest absolute Gasteiger partial charge is 0.524 e. The maximum Gasteiger partial charge on any atom is 0.524 e. The molecule has 0 saturated carbocycles. The molecule has 15 heteroatoms. The van der Waals surface area contributed by atoms with Gasteiger partial charge in [0.05, 0.1) is 28.8 Å². The van der Waals surface area contributed by atoms with Gasteiger partial charge in [0.1, 0.15) is 0 Å². The second kappa shape index (κ2) is 9.57. The van der Waals surface area contributed by atoms with Crippen LogP contribution in [0.4, 0.5) is 0 Å². The van der Waals surface area contributed by atoms with Gasteiger partial charge in [-0.25, -0.2) is 9.36 Å². The SMILES string of the molecule is O=C(O)CC(O)(CC(=O)O)C(=O)O.O=P(O)(O)Oc1c[nH]c2ccc(Br)c(Cl)c12. The van der Waals surface area contributed by atoms with Gasteiger partial charge in [-0.15, -0.1) is 0 Å². The summed E-state index contributed by atoms with van der Waals surface area (Å²) in [6, 6.07) is 3.44. The van der Waals surface area contributed by atoms with Crippen LogP contribution >= 0.6 is 35.4 Å². The molecule has 7 N–H and O–H groups in total. The first-order valence-corrected chi connectivity index (χ1v) is 9.96. The van der Waals surface area contributed by atoms with Gasteiger partial charge < -0.3 is 29.9 Å². The Labute approximate surface area is 175 Å². The number of benzene rings is 1. The monoisotopic (exact) mass is 517 g/mol. The van der Waals surface area contributed by atoms with Crippen LogP contribution in [0.5, 0.6) is 5.75 Å². The van der Waals surface area contributed by atoms with Crippen molar-refractivity contribution in [2.45, 2.75) is 18.4 Å². The van der Waals surface area contributed by atoms with Gasteiger partial charge >= 0.3 is 25.7 Å². The van der Waals surface area contributed by atoms with E-state index >= 15 is 0 Å². The fraction of sp³-hybridized carbons (Fsp3) is 0.214. The number of hydrogen-bond donors (Lipinski definition) is 7. The summed E-state index contributed by atoms with van der Waals surface area (Å²) in [5.41, 5.74) is -2.10. The molecule has 0 radical (unpaired) electrons. The van der Waals surface area contributed by atoms with E-state index in [2.05, 4.69) is 25.4 Å². The highest BCUT2D eigenvalue weighted by molar-refractivity contribution is 9.10. The highest BCUT2D eigenvalue weighted by Gasteiger charge is 2.40. The van der Waals surface area contributed by atoms with E-state index in [1.807, 2.05) is 0 Å². The van der Waals surface area contributed by atoms with E-state index in [1.54, 1.807) is 12.1 Å². The van der Waals surface area contributed by atoms with E-state index in [0.29, 0.717) is 20.4 Å². The lowest BCUT2D eigenvalue weighted by Crippen LogP contribution is -2.42. The maximum absolute atomic E-state index is 10.7. The molecule has 2 rings (SSSR count). The zero-order valence-corrected chi connectivity index (χ0v) is 17.3. The average molecular weight is 519 g/mol. The van der Waals surface area contributed by atoms with Crippen molar-refractivity contribution >= 4 is 64.2 Å². The number of hydrogen-bond acceptors (Lipinski definition) is 6. The number of halogens is 2. The Balaban J connectivity index is 0.000000298. The molecule has 12 nitrogen and oxygen atoms in total. The van der Waals surface area contributed by atoms with Crippen LogP contribution < -0.4 is 4.52 Å². The molecule has 29 heavy (non-hydrogen) atoms. The minimum absolute atomic E-state index is 0.0228. The second-order valence-corrected chi connectivity index (χ2v) is 7.89. The number of carboxylic acid groups (broad SMARTS) is 3. The van der Waals surface area contributed by atoms with E-state index < -0.39 is 44.2 Å². The Morgan fingerprint density at radius 1 is 1.14 bits per heavy atom. The third-order valence-corrected chi connectivity index (χ3v) is 4.92. The third kappa shape index (κ3) is 7.31. The molecule has 160 valence electrons. The lowest BCUT2D eigenvalue weighted by molar-refractivity contribution is -0.170. The molecule has 0 aliphatic rings. The van der Waals surface area contributed by atoms with Gasteiger partial charge in [0.25, 0.3) is 0 Å². The van der Waals surface area contributed by atoms with Crippen molar-refractivity contribution < 1.29 is 53.7 Å². The van der Waals surface area contributed by atoms with Gasteiger partial charge in [-0.05, 0) is 28.1 Å². The van der Waals surface area contributed by atoms with E-state index in [9.17, 15) is 18.9 Å². The zero-order valence-electron chi connectivity index (χ0n) is 14.1. The quantitative estimate of drug-likeness (QED) is 0.262. The van der Waals surface area contributed by atoms with Crippen LogP contribution in [-0.4, -0.2) is 58.7 Å². The van der Waals surface area contributed by atoms with Crippen molar-refractivity contribution in [3.63, 3.8) is 0 Å². The lowest BCUT2D eigenvalue weighted by Gasteiger charge is -2.18. The summed E-state index contributed by atoms with van der Waals surface area (Å²) in [7, 11) is -4.59. The number of fused-ring (bicyclic) bond motifs is 1. The van der Waals surface area contributed by atoms with Crippen molar-refractivity contribution in [1.82, 2.24) is 4.98 Å². The van der Waals surface area contributed by atoms with Gasteiger partial charge in [0.2, 0.25) is 0 Å². The van der Waals surface area contributed by atoms with Gasteiger partial charge in [-0.1, -0.05) is 11.6 Å². The highest BCUT2D eigenvalue weighted by atomic mass is 79.9. The van der Waals surface area contributed by atoms with Gasteiger partial charge in [0.15, 0.2) is 11.4 Å². The predicted octanol–water partition coefficient (Wildman–Crippen LogP) is 1.81. The number of carboxylic acids is 3.